The van der Waals surface area contributed by atoms with E-state index in [1.165, 1.54) is 5.56 Å². The second-order valence-electron chi connectivity index (χ2n) is 4.19. The van der Waals surface area contributed by atoms with Gasteiger partial charge in [-0.3, -0.25) is 4.68 Å². The average Bonchev–Trinajstić information content (AvgIpc) is 2.87. The van der Waals surface area contributed by atoms with Crippen LogP contribution >= 0.6 is 12.2 Å². The van der Waals surface area contributed by atoms with Crippen LogP contribution in [0.5, 0.6) is 0 Å². The van der Waals surface area contributed by atoms with Crippen molar-refractivity contribution < 1.29 is 0 Å². The molecule has 2 rings (SSSR count). The fourth-order valence-corrected chi connectivity index (χ4v) is 1.93. The number of hydrogen-bond acceptors (Lipinski definition) is 2. The highest BCUT2D eigenvalue weighted by Crippen LogP contribution is 2.11. The van der Waals surface area contributed by atoms with Gasteiger partial charge in [0, 0.05) is 24.5 Å². The highest BCUT2D eigenvalue weighted by atomic mass is 32.1. The number of rotatable bonds is 4. The molecule has 1 aromatic carbocycles. The Morgan fingerprint density at radius 3 is 2.47 bits per heavy atom. The lowest BCUT2D eigenvalue weighted by Gasteiger charge is -2.09. The van der Waals surface area contributed by atoms with Crippen molar-refractivity contribution in [3.8, 4) is 0 Å². The molecule has 1 heterocycles. The van der Waals surface area contributed by atoms with Crippen molar-refractivity contribution in [2.45, 2.75) is 26.8 Å². The van der Waals surface area contributed by atoms with Gasteiger partial charge in [-0.15, -0.1) is 0 Å². The Labute approximate surface area is 118 Å². The van der Waals surface area contributed by atoms with Gasteiger partial charge in [0.25, 0.3) is 0 Å². The molecule has 0 saturated heterocycles. The van der Waals surface area contributed by atoms with Crippen LogP contribution in [0, 0.1) is 0 Å². The summed E-state index contributed by atoms with van der Waals surface area (Å²) in [6.07, 6.45) is 2.96. The number of anilines is 2. The molecule has 0 saturated carbocycles. The van der Waals surface area contributed by atoms with Crippen LogP contribution in [0.4, 0.5) is 11.5 Å². The minimum absolute atomic E-state index is 0.547. The third kappa shape index (κ3) is 3.79. The number of nitrogens with one attached hydrogen (secondary N) is 2. The van der Waals surface area contributed by atoms with E-state index in [-0.39, 0.29) is 0 Å². The molecule has 0 fully saturated rings. The Hall–Kier alpha value is -1.88. The van der Waals surface area contributed by atoms with Crippen LogP contribution in [0.1, 0.15) is 19.4 Å². The molecule has 1 aromatic heterocycles. The molecule has 2 N–H and O–H groups in total. The predicted molar refractivity (Wildman–Crippen MR) is 83.6 cm³/mol. The zero-order valence-electron chi connectivity index (χ0n) is 11.2. The van der Waals surface area contributed by atoms with Gasteiger partial charge in [0.2, 0.25) is 0 Å². The van der Waals surface area contributed by atoms with E-state index in [0.717, 1.165) is 24.5 Å². The van der Waals surface area contributed by atoms with E-state index in [2.05, 4.69) is 34.8 Å². The van der Waals surface area contributed by atoms with Gasteiger partial charge in [0.15, 0.2) is 10.9 Å². The fraction of sp³-hybridized carbons (Fsp3) is 0.286. The third-order valence-electron chi connectivity index (χ3n) is 2.83. The molecular formula is C14H18N4S. The van der Waals surface area contributed by atoms with Crippen LogP contribution in [-0.2, 0) is 13.0 Å². The van der Waals surface area contributed by atoms with Crippen molar-refractivity contribution in [2.75, 3.05) is 10.6 Å². The molecular weight excluding hydrogens is 256 g/mol. The van der Waals surface area contributed by atoms with Gasteiger partial charge in [-0.25, -0.2) is 0 Å². The van der Waals surface area contributed by atoms with Crippen LogP contribution in [-0.4, -0.2) is 14.9 Å². The summed E-state index contributed by atoms with van der Waals surface area (Å²) in [6.45, 7) is 5.03. The molecule has 0 bridgehead atoms. The number of aryl methyl sites for hydroxylation is 2. The molecule has 0 aliphatic heterocycles. The highest BCUT2D eigenvalue weighted by molar-refractivity contribution is 7.80. The van der Waals surface area contributed by atoms with Crippen molar-refractivity contribution in [1.82, 2.24) is 9.78 Å². The first-order valence-corrected chi connectivity index (χ1v) is 6.82. The molecule has 2 aromatic rings. The van der Waals surface area contributed by atoms with Gasteiger partial charge in [-0.1, -0.05) is 19.1 Å². The summed E-state index contributed by atoms with van der Waals surface area (Å²) in [5.41, 5.74) is 2.29. The Kier molecular flexibility index (Phi) is 4.52. The largest absolute Gasteiger partial charge is 0.332 e. The summed E-state index contributed by atoms with van der Waals surface area (Å²) in [4.78, 5) is 0. The topological polar surface area (TPSA) is 41.9 Å². The first kappa shape index (κ1) is 13.5. The lowest BCUT2D eigenvalue weighted by atomic mass is 10.1. The van der Waals surface area contributed by atoms with E-state index in [4.69, 9.17) is 12.2 Å². The average molecular weight is 274 g/mol. The number of benzene rings is 1. The zero-order chi connectivity index (χ0) is 13.7. The van der Waals surface area contributed by atoms with Crippen LogP contribution in [0.2, 0.25) is 0 Å². The van der Waals surface area contributed by atoms with E-state index in [9.17, 15) is 0 Å². The molecule has 0 aliphatic carbocycles. The van der Waals surface area contributed by atoms with Crippen molar-refractivity contribution in [1.29, 1.82) is 0 Å². The van der Waals surface area contributed by atoms with Gasteiger partial charge >= 0.3 is 0 Å². The summed E-state index contributed by atoms with van der Waals surface area (Å²) in [5.74, 6) is 0.754. The van der Waals surface area contributed by atoms with Crippen molar-refractivity contribution in [3.63, 3.8) is 0 Å². The number of aromatic nitrogens is 2. The number of hydrogen-bond donors (Lipinski definition) is 2. The molecule has 4 nitrogen and oxygen atoms in total. The quantitative estimate of drug-likeness (QED) is 0.840. The lowest BCUT2D eigenvalue weighted by Crippen LogP contribution is -2.19. The van der Waals surface area contributed by atoms with E-state index in [1.54, 1.807) is 0 Å². The summed E-state index contributed by atoms with van der Waals surface area (Å²) in [6, 6.07) is 10.1. The first-order valence-electron chi connectivity index (χ1n) is 6.41. The van der Waals surface area contributed by atoms with Crippen LogP contribution in [0.15, 0.2) is 36.5 Å². The number of thiocarbonyl (C=S) groups is 1. The van der Waals surface area contributed by atoms with E-state index in [1.807, 2.05) is 36.0 Å². The molecule has 5 heteroatoms. The van der Waals surface area contributed by atoms with Crippen molar-refractivity contribution >= 4 is 28.8 Å². The second kappa shape index (κ2) is 6.33. The maximum absolute atomic E-state index is 5.25. The van der Waals surface area contributed by atoms with Crippen LogP contribution < -0.4 is 10.6 Å². The minimum Gasteiger partial charge on any atom is -0.332 e. The van der Waals surface area contributed by atoms with Gasteiger partial charge in [0.05, 0.1) is 0 Å². The molecule has 0 spiro atoms. The molecule has 100 valence electrons. The van der Waals surface area contributed by atoms with E-state index in [0.29, 0.717) is 5.11 Å². The van der Waals surface area contributed by atoms with E-state index < -0.39 is 0 Å². The Morgan fingerprint density at radius 2 is 1.89 bits per heavy atom. The summed E-state index contributed by atoms with van der Waals surface area (Å²) < 4.78 is 1.85. The normalized spacial score (nSPS) is 10.2. The summed E-state index contributed by atoms with van der Waals surface area (Å²) in [5, 5.41) is 11.1. The maximum atomic E-state index is 5.25. The van der Waals surface area contributed by atoms with Gasteiger partial charge in [-0.05, 0) is 43.3 Å². The van der Waals surface area contributed by atoms with E-state index >= 15 is 0 Å². The summed E-state index contributed by atoms with van der Waals surface area (Å²) >= 11 is 5.25. The second-order valence-corrected chi connectivity index (χ2v) is 4.59. The van der Waals surface area contributed by atoms with Gasteiger partial charge in [-0.2, -0.15) is 5.10 Å². The SMILES string of the molecule is CCc1ccc(NC(=S)Nc2ccn(CC)n2)cc1. The molecule has 0 unspecified atom stereocenters. The third-order valence-corrected chi connectivity index (χ3v) is 3.03. The lowest BCUT2D eigenvalue weighted by molar-refractivity contribution is 0.662. The molecule has 0 atom stereocenters. The Morgan fingerprint density at radius 1 is 1.16 bits per heavy atom. The molecule has 0 aliphatic rings. The van der Waals surface area contributed by atoms with Crippen molar-refractivity contribution in [3.05, 3.63) is 42.1 Å². The fourth-order valence-electron chi connectivity index (χ4n) is 1.71. The standard InChI is InChI=1S/C14H18N4S/c1-3-11-5-7-12(8-6-11)15-14(19)16-13-9-10-18(4-2)17-13/h5-10H,3-4H2,1-2H3,(H2,15,16,17,19). The van der Waals surface area contributed by atoms with Gasteiger partial charge < -0.3 is 10.6 Å². The smallest absolute Gasteiger partial charge is 0.176 e. The molecule has 0 radical (unpaired) electrons. The van der Waals surface area contributed by atoms with Crippen LogP contribution in [0.3, 0.4) is 0 Å². The summed E-state index contributed by atoms with van der Waals surface area (Å²) in [7, 11) is 0. The zero-order valence-corrected chi connectivity index (χ0v) is 12.0. The van der Waals surface area contributed by atoms with Crippen molar-refractivity contribution in [2.24, 2.45) is 0 Å². The highest BCUT2D eigenvalue weighted by Gasteiger charge is 2.01. The molecule has 19 heavy (non-hydrogen) atoms. The molecule has 0 amide bonds. The maximum Gasteiger partial charge on any atom is 0.176 e. The Bertz CT molecular complexity index is 545. The van der Waals surface area contributed by atoms with Crippen LogP contribution in [0.25, 0.3) is 0 Å². The minimum atomic E-state index is 0.547. The number of nitrogens with zero attached hydrogens (tertiary/aromatic N) is 2. The first-order chi connectivity index (χ1) is 9.21. The Balaban J connectivity index is 1.93. The van der Waals surface area contributed by atoms with Gasteiger partial charge in [0.1, 0.15) is 0 Å². The monoisotopic (exact) mass is 274 g/mol. The predicted octanol–water partition coefficient (Wildman–Crippen LogP) is 3.27.